The third kappa shape index (κ3) is 3.18. The molecule has 0 bridgehead atoms. The minimum Gasteiger partial charge on any atom is -0.332 e. The van der Waals surface area contributed by atoms with E-state index < -0.39 is 23.7 Å². The molecule has 0 aliphatic carbocycles. The topological polar surface area (TPSA) is 78.5 Å². The van der Waals surface area contributed by atoms with E-state index >= 15 is 0 Å². The lowest BCUT2D eigenvalue weighted by molar-refractivity contribution is -0.137. The van der Waals surface area contributed by atoms with Crippen molar-refractivity contribution < 1.29 is 18.8 Å². The van der Waals surface area contributed by atoms with Crippen LogP contribution in [-0.4, -0.2) is 24.8 Å². The number of para-hydroxylation sites is 1. The Morgan fingerprint density at radius 3 is 2.60 bits per heavy atom. The number of benzene rings is 2. The number of nitrogens with zero attached hydrogens (tertiary/aromatic N) is 1. The first-order valence-corrected chi connectivity index (χ1v) is 7.69. The maximum atomic E-state index is 13.4. The summed E-state index contributed by atoms with van der Waals surface area (Å²) in [5, 5.41) is 4.56. The van der Waals surface area contributed by atoms with Crippen molar-refractivity contribution in [1.82, 2.24) is 5.32 Å². The smallest absolute Gasteiger partial charge is 0.313 e. The van der Waals surface area contributed by atoms with Gasteiger partial charge in [0.05, 0.1) is 5.02 Å². The highest BCUT2D eigenvalue weighted by Gasteiger charge is 2.36. The number of likely N-dealkylation sites (N-methyl/N-ethyl adjacent to an activating group) is 1. The van der Waals surface area contributed by atoms with Gasteiger partial charge in [-0.25, -0.2) is 4.39 Å². The molecule has 1 unspecified atom stereocenters. The van der Waals surface area contributed by atoms with Crippen molar-refractivity contribution in [2.24, 2.45) is 0 Å². The van der Waals surface area contributed by atoms with Crippen LogP contribution >= 0.6 is 11.6 Å². The lowest BCUT2D eigenvalue weighted by Gasteiger charge is -2.13. The highest BCUT2D eigenvalue weighted by atomic mass is 35.5. The standard InChI is InChI=1S/C17H13ClFN3O3/c1-22-13-5-3-2-4-10(13)14(17(22)25)21-16(24)15(23)20-9-6-7-11(18)12(19)8-9/h2-8,14H,1H3,(H,20,23)(H,21,24). The Hall–Kier alpha value is -2.93. The van der Waals surface area contributed by atoms with Gasteiger partial charge < -0.3 is 15.5 Å². The van der Waals surface area contributed by atoms with Crippen molar-refractivity contribution >= 4 is 40.7 Å². The quantitative estimate of drug-likeness (QED) is 0.805. The van der Waals surface area contributed by atoms with Crippen molar-refractivity contribution in [1.29, 1.82) is 0 Å². The average molecular weight is 362 g/mol. The van der Waals surface area contributed by atoms with Crippen molar-refractivity contribution in [3.63, 3.8) is 0 Å². The van der Waals surface area contributed by atoms with E-state index in [0.717, 1.165) is 6.07 Å². The molecule has 1 heterocycles. The number of carbonyl (C=O) groups is 3. The molecule has 0 fully saturated rings. The zero-order chi connectivity index (χ0) is 18.1. The fourth-order valence-corrected chi connectivity index (χ4v) is 2.70. The molecule has 0 saturated carbocycles. The fraction of sp³-hybridized carbons (Fsp3) is 0.118. The van der Waals surface area contributed by atoms with Crippen LogP contribution in [0.3, 0.4) is 0 Å². The van der Waals surface area contributed by atoms with Crippen molar-refractivity contribution in [2.75, 3.05) is 17.3 Å². The van der Waals surface area contributed by atoms with E-state index in [2.05, 4.69) is 10.6 Å². The van der Waals surface area contributed by atoms with E-state index in [4.69, 9.17) is 11.6 Å². The number of hydrogen-bond acceptors (Lipinski definition) is 3. The maximum absolute atomic E-state index is 13.4. The highest BCUT2D eigenvalue weighted by Crippen LogP contribution is 2.34. The number of rotatable bonds is 2. The summed E-state index contributed by atoms with van der Waals surface area (Å²) in [5.41, 5.74) is 1.35. The van der Waals surface area contributed by atoms with Crippen molar-refractivity contribution in [2.45, 2.75) is 6.04 Å². The van der Waals surface area contributed by atoms with E-state index in [-0.39, 0.29) is 16.6 Å². The predicted octanol–water partition coefficient (Wildman–Crippen LogP) is 2.25. The highest BCUT2D eigenvalue weighted by molar-refractivity contribution is 6.40. The molecule has 25 heavy (non-hydrogen) atoms. The Bertz CT molecular complexity index is 887. The first-order valence-electron chi connectivity index (χ1n) is 7.32. The monoisotopic (exact) mass is 361 g/mol. The van der Waals surface area contributed by atoms with E-state index in [1.807, 2.05) is 0 Å². The van der Waals surface area contributed by atoms with Crippen LogP contribution in [0.4, 0.5) is 15.8 Å². The molecular formula is C17H13ClFN3O3. The summed E-state index contributed by atoms with van der Waals surface area (Å²) in [4.78, 5) is 37.8. The number of fused-ring (bicyclic) bond motifs is 1. The molecule has 0 aromatic heterocycles. The molecule has 1 aliphatic rings. The molecule has 3 rings (SSSR count). The van der Waals surface area contributed by atoms with Crippen molar-refractivity contribution in [3.05, 3.63) is 58.9 Å². The molecule has 1 atom stereocenters. The molecule has 2 aromatic rings. The van der Waals surface area contributed by atoms with Gasteiger partial charge in [0.25, 0.3) is 5.91 Å². The Morgan fingerprint density at radius 1 is 1.16 bits per heavy atom. The van der Waals surface area contributed by atoms with Gasteiger partial charge in [-0.15, -0.1) is 0 Å². The summed E-state index contributed by atoms with van der Waals surface area (Å²) < 4.78 is 13.4. The van der Waals surface area contributed by atoms with E-state index in [1.165, 1.54) is 17.0 Å². The van der Waals surface area contributed by atoms with Crippen LogP contribution in [0.15, 0.2) is 42.5 Å². The number of anilines is 2. The molecule has 6 nitrogen and oxygen atoms in total. The SMILES string of the molecule is CN1C(=O)C(NC(=O)C(=O)Nc2ccc(Cl)c(F)c2)c2ccccc21. The maximum Gasteiger partial charge on any atom is 0.313 e. The van der Waals surface area contributed by atoms with E-state index in [0.29, 0.717) is 11.3 Å². The minimum absolute atomic E-state index is 0.0808. The van der Waals surface area contributed by atoms with Gasteiger partial charge >= 0.3 is 11.8 Å². The summed E-state index contributed by atoms with van der Waals surface area (Å²) >= 11 is 5.56. The average Bonchev–Trinajstić information content (AvgIpc) is 2.83. The van der Waals surface area contributed by atoms with Gasteiger partial charge in [0.15, 0.2) is 0 Å². The molecule has 1 aliphatic heterocycles. The van der Waals surface area contributed by atoms with Gasteiger partial charge in [-0.3, -0.25) is 14.4 Å². The van der Waals surface area contributed by atoms with Crippen LogP contribution in [-0.2, 0) is 14.4 Å². The lowest BCUT2D eigenvalue weighted by Crippen LogP contribution is -2.41. The summed E-state index contributed by atoms with van der Waals surface area (Å²) in [6.07, 6.45) is 0. The second kappa shape index (κ2) is 6.52. The van der Waals surface area contributed by atoms with Gasteiger partial charge in [0.2, 0.25) is 0 Å². The molecule has 3 amide bonds. The minimum atomic E-state index is -1.01. The van der Waals surface area contributed by atoms with Gasteiger partial charge in [-0.1, -0.05) is 29.8 Å². The van der Waals surface area contributed by atoms with Crippen LogP contribution in [0.2, 0.25) is 5.02 Å². The summed E-state index contributed by atoms with van der Waals surface area (Å²) in [7, 11) is 1.59. The fourth-order valence-electron chi connectivity index (χ4n) is 2.58. The van der Waals surface area contributed by atoms with Crippen LogP contribution in [0, 0.1) is 5.82 Å². The zero-order valence-electron chi connectivity index (χ0n) is 13.0. The Kier molecular flexibility index (Phi) is 4.41. The summed E-state index contributed by atoms with van der Waals surface area (Å²) in [6, 6.07) is 9.63. The Balaban J connectivity index is 1.72. The van der Waals surface area contributed by atoms with E-state index in [1.54, 1.807) is 31.3 Å². The van der Waals surface area contributed by atoms with Crippen molar-refractivity contribution in [3.8, 4) is 0 Å². The van der Waals surface area contributed by atoms with E-state index in [9.17, 15) is 18.8 Å². The molecule has 128 valence electrons. The van der Waals surface area contributed by atoms with Crippen LogP contribution < -0.4 is 15.5 Å². The molecular weight excluding hydrogens is 349 g/mol. The van der Waals surface area contributed by atoms with Gasteiger partial charge in [0, 0.05) is 24.0 Å². The number of amides is 3. The molecule has 0 radical (unpaired) electrons. The Morgan fingerprint density at radius 2 is 1.88 bits per heavy atom. The zero-order valence-corrected chi connectivity index (χ0v) is 13.8. The number of halogens is 2. The summed E-state index contributed by atoms with van der Waals surface area (Å²) in [5.74, 6) is -3.08. The second-order valence-corrected chi connectivity index (χ2v) is 5.85. The summed E-state index contributed by atoms with van der Waals surface area (Å²) in [6.45, 7) is 0. The molecule has 0 spiro atoms. The lowest BCUT2D eigenvalue weighted by atomic mass is 10.1. The third-order valence-corrected chi connectivity index (χ3v) is 4.15. The molecule has 0 saturated heterocycles. The van der Waals surface area contributed by atoms with Gasteiger partial charge in [-0.05, 0) is 24.3 Å². The molecule has 2 N–H and O–H groups in total. The first kappa shape index (κ1) is 16.9. The molecule has 8 heteroatoms. The number of hydrogen-bond donors (Lipinski definition) is 2. The van der Waals surface area contributed by atoms with Crippen LogP contribution in [0.5, 0.6) is 0 Å². The predicted molar refractivity (Wildman–Crippen MR) is 90.8 cm³/mol. The van der Waals surface area contributed by atoms with Crippen LogP contribution in [0.25, 0.3) is 0 Å². The number of nitrogens with one attached hydrogen (secondary N) is 2. The first-order chi connectivity index (χ1) is 11.9. The second-order valence-electron chi connectivity index (χ2n) is 5.45. The van der Waals surface area contributed by atoms with Crippen LogP contribution in [0.1, 0.15) is 11.6 Å². The normalized spacial score (nSPS) is 15.7. The van der Waals surface area contributed by atoms with Gasteiger partial charge in [0.1, 0.15) is 11.9 Å². The third-order valence-electron chi connectivity index (χ3n) is 3.85. The Labute approximate surface area is 147 Å². The molecule has 2 aromatic carbocycles. The number of carbonyl (C=O) groups excluding carboxylic acids is 3. The van der Waals surface area contributed by atoms with Gasteiger partial charge in [-0.2, -0.15) is 0 Å². The largest absolute Gasteiger partial charge is 0.332 e.